The van der Waals surface area contributed by atoms with Crippen molar-refractivity contribution in [3.8, 4) is 0 Å². The van der Waals surface area contributed by atoms with E-state index >= 15 is 0 Å². The first-order valence-electron chi connectivity index (χ1n) is 7.67. The molecule has 1 unspecified atom stereocenters. The Morgan fingerprint density at radius 2 is 2.14 bits per heavy atom. The third-order valence-electron chi connectivity index (χ3n) is 3.23. The number of hydrogen-bond donors (Lipinski definition) is 2. The highest BCUT2D eigenvalue weighted by Gasteiger charge is 2.07. The lowest BCUT2D eigenvalue weighted by Crippen LogP contribution is -2.43. The van der Waals surface area contributed by atoms with Crippen molar-refractivity contribution in [1.82, 2.24) is 10.6 Å². The first kappa shape index (κ1) is 18.0. The summed E-state index contributed by atoms with van der Waals surface area (Å²) in [6, 6.07) is 4.77. The first-order valence-corrected chi connectivity index (χ1v) is 8.48. The molecule has 0 aliphatic carbocycles. The van der Waals surface area contributed by atoms with Crippen LogP contribution in [0.5, 0.6) is 0 Å². The third-order valence-corrected chi connectivity index (χ3v) is 4.25. The third kappa shape index (κ3) is 8.07. The normalized spacial score (nSPS) is 13.2. The van der Waals surface area contributed by atoms with Gasteiger partial charge in [-0.2, -0.15) is 0 Å². The number of aliphatic imine (C=N–C) groups is 1. The molecule has 0 radical (unpaired) electrons. The molecule has 1 heterocycles. The standard InChI is InChI=1S/C16H29N3OS/c1-13(12-15-9-8-14(2)21-15)19-16(17-3)18-10-6-5-7-11-20-4/h8-9,13H,5-7,10-12H2,1-4H3,(H2,17,18,19). The minimum absolute atomic E-state index is 0.378. The van der Waals surface area contributed by atoms with Crippen LogP contribution in [0.25, 0.3) is 0 Å². The lowest BCUT2D eigenvalue weighted by molar-refractivity contribution is 0.192. The molecule has 0 fully saturated rings. The number of nitrogens with zero attached hydrogens (tertiary/aromatic N) is 1. The Balaban J connectivity index is 2.20. The molecule has 120 valence electrons. The quantitative estimate of drug-likeness (QED) is 0.419. The van der Waals surface area contributed by atoms with Gasteiger partial charge in [0.05, 0.1) is 0 Å². The van der Waals surface area contributed by atoms with Crippen LogP contribution in [0.15, 0.2) is 17.1 Å². The van der Waals surface area contributed by atoms with E-state index in [-0.39, 0.29) is 0 Å². The number of thiophene rings is 1. The molecule has 2 N–H and O–H groups in total. The van der Waals surface area contributed by atoms with Crippen molar-refractivity contribution in [1.29, 1.82) is 0 Å². The monoisotopic (exact) mass is 311 g/mol. The van der Waals surface area contributed by atoms with Gasteiger partial charge in [0, 0.05) is 49.5 Å². The molecule has 0 spiro atoms. The van der Waals surface area contributed by atoms with Crippen LogP contribution in [0, 0.1) is 6.92 Å². The van der Waals surface area contributed by atoms with Gasteiger partial charge in [-0.3, -0.25) is 4.99 Å². The van der Waals surface area contributed by atoms with Gasteiger partial charge in [0.15, 0.2) is 5.96 Å². The summed E-state index contributed by atoms with van der Waals surface area (Å²) in [5, 5.41) is 6.82. The molecular formula is C16H29N3OS. The van der Waals surface area contributed by atoms with Crippen molar-refractivity contribution < 1.29 is 4.74 Å². The zero-order valence-electron chi connectivity index (χ0n) is 13.7. The van der Waals surface area contributed by atoms with Crippen molar-refractivity contribution in [2.75, 3.05) is 27.3 Å². The Morgan fingerprint density at radius 3 is 2.76 bits per heavy atom. The summed E-state index contributed by atoms with van der Waals surface area (Å²) in [7, 11) is 3.57. The van der Waals surface area contributed by atoms with E-state index in [0.717, 1.165) is 38.4 Å². The predicted octanol–water partition coefficient (Wildman–Crippen LogP) is 2.97. The summed E-state index contributed by atoms with van der Waals surface area (Å²) < 4.78 is 5.05. The first-order chi connectivity index (χ1) is 10.2. The van der Waals surface area contributed by atoms with Crippen molar-refractivity contribution in [3.05, 3.63) is 21.9 Å². The van der Waals surface area contributed by atoms with Crippen molar-refractivity contribution in [2.24, 2.45) is 4.99 Å². The fourth-order valence-electron chi connectivity index (χ4n) is 2.13. The number of aryl methyl sites for hydroxylation is 1. The van der Waals surface area contributed by atoms with Gasteiger partial charge in [0.2, 0.25) is 0 Å². The lowest BCUT2D eigenvalue weighted by atomic mass is 10.2. The number of nitrogens with one attached hydrogen (secondary N) is 2. The van der Waals surface area contributed by atoms with Crippen LogP contribution in [0.1, 0.15) is 35.9 Å². The molecular weight excluding hydrogens is 282 g/mol. The molecule has 4 nitrogen and oxygen atoms in total. The molecule has 1 aromatic rings. The summed E-state index contributed by atoms with van der Waals surface area (Å²) in [4.78, 5) is 7.07. The van der Waals surface area contributed by atoms with Crippen molar-refractivity contribution >= 4 is 17.3 Å². The van der Waals surface area contributed by atoms with Gasteiger partial charge in [-0.1, -0.05) is 0 Å². The van der Waals surface area contributed by atoms with Crippen molar-refractivity contribution in [2.45, 2.75) is 45.6 Å². The smallest absolute Gasteiger partial charge is 0.191 e. The van der Waals surface area contributed by atoms with E-state index < -0.39 is 0 Å². The fourth-order valence-corrected chi connectivity index (χ4v) is 3.15. The van der Waals surface area contributed by atoms with Gasteiger partial charge in [-0.15, -0.1) is 11.3 Å². The molecule has 0 amide bonds. The summed E-state index contributed by atoms with van der Waals surface area (Å²) in [6.45, 7) is 6.15. The lowest BCUT2D eigenvalue weighted by Gasteiger charge is -2.17. The van der Waals surface area contributed by atoms with E-state index in [1.54, 1.807) is 7.11 Å². The Labute approximate surface area is 133 Å². The molecule has 1 rings (SSSR count). The summed E-state index contributed by atoms with van der Waals surface area (Å²) in [5.41, 5.74) is 0. The number of methoxy groups -OCH3 is 1. The highest BCUT2D eigenvalue weighted by molar-refractivity contribution is 7.11. The van der Waals surface area contributed by atoms with Crippen LogP contribution in [0.3, 0.4) is 0 Å². The van der Waals surface area contributed by atoms with Gasteiger partial charge in [0.25, 0.3) is 0 Å². The molecule has 21 heavy (non-hydrogen) atoms. The summed E-state index contributed by atoms with van der Waals surface area (Å²) >= 11 is 1.87. The van der Waals surface area contributed by atoms with E-state index in [4.69, 9.17) is 4.74 Å². The van der Waals surface area contributed by atoms with Gasteiger partial charge in [-0.05, 0) is 45.2 Å². The highest BCUT2D eigenvalue weighted by Crippen LogP contribution is 2.16. The Hall–Kier alpha value is -1.07. The molecule has 0 aliphatic heterocycles. The van der Waals surface area contributed by atoms with E-state index in [1.807, 2.05) is 18.4 Å². The van der Waals surface area contributed by atoms with Gasteiger partial charge < -0.3 is 15.4 Å². The molecule has 0 aromatic carbocycles. The Bertz CT molecular complexity index is 417. The van der Waals surface area contributed by atoms with E-state index in [9.17, 15) is 0 Å². The minimum atomic E-state index is 0.378. The van der Waals surface area contributed by atoms with Crippen molar-refractivity contribution in [3.63, 3.8) is 0 Å². The topological polar surface area (TPSA) is 45.7 Å². The molecule has 0 aliphatic rings. The highest BCUT2D eigenvalue weighted by atomic mass is 32.1. The van der Waals surface area contributed by atoms with E-state index in [2.05, 4.69) is 41.6 Å². The molecule has 5 heteroatoms. The average molecular weight is 311 g/mol. The van der Waals surface area contributed by atoms with Crippen LogP contribution in [0.4, 0.5) is 0 Å². The Kier molecular flexibility index (Phi) is 9.10. The number of guanidine groups is 1. The maximum Gasteiger partial charge on any atom is 0.191 e. The number of ether oxygens (including phenoxy) is 1. The van der Waals surface area contributed by atoms with E-state index in [1.165, 1.54) is 16.2 Å². The van der Waals surface area contributed by atoms with Gasteiger partial charge in [0.1, 0.15) is 0 Å². The SMILES string of the molecule is CN=C(NCCCCCOC)NC(C)Cc1ccc(C)s1. The molecule has 1 atom stereocenters. The summed E-state index contributed by atoms with van der Waals surface area (Å²) in [6.07, 6.45) is 4.48. The van der Waals surface area contributed by atoms with Crippen LogP contribution in [-0.2, 0) is 11.2 Å². The zero-order valence-corrected chi connectivity index (χ0v) is 14.6. The predicted molar refractivity (Wildman–Crippen MR) is 92.4 cm³/mol. The molecule has 0 saturated carbocycles. The maximum absolute atomic E-state index is 5.05. The zero-order chi connectivity index (χ0) is 15.5. The maximum atomic E-state index is 5.05. The number of unbranched alkanes of at least 4 members (excludes halogenated alkanes) is 2. The van der Waals surface area contributed by atoms with Crippen LogP contribution in [-0.4, -0.2) is 39.3 Å². The second-order valence-corrected chi connectivity index (χ2v) is 6.69. The minimum Gasteiger partial charge on any atom is -0.385 e. The molecule has 0 bridgehead atoms. The van der Waals surface area contributed by atoms with Crippen LogP contribution < -0.4 is 10.6 Å². The van der Waals surface area contributed by atoms with Crippen LogP contribution >= 0.6 is 11.3 Å². The molecule has 1 aromatic heterocycles. The Morgan fingerprint density at radius 1 is 1.33 bits per heavy atom. The van der Waals surface area contributed by atoms with E-state index in [0.29, 0.717) is 6.04 Å². The fraction of sp³-hybridized carbons (Fsp3) is 0.688. The number of rotatable bonds is 9. The summed E-state index contributed by atoms with van der Waals surface area (Å²) in [5.74, 6) is 0.891. The molecule has 0 saturated heterocycles. The van der Waals surface area contributed by atoms with Crippen LogP contribution in [0.2, 0.25) is 0 Å². The van der Waals surface area contributed by atoms with Gasteiger partial charge >= 0.3 is 0 Å². The number of hydrogen-bond acceptors (Lipinski definition) is 3. The average Bonchev–Trinajstić information content (AvgIpc) is 2.86. The van der Waals surface area contributed by atoms with Gasteiger partial charge in [-0.25, -0.2) is 0 Å². The second-order valence-electron chi connectivity index (χ2n) is 5.31. The largest absolute Gasteiger partial charge is 0.385 e. The second kappa shape index (κ2) is 10.6.